The molecule has 0 aliphatic heterocycles. The summed E-state index contributed by atoms with van der Waals surface area (Å²) in [5.41, 5.74) is 2.49. The zero-order valence-electron chi connectivity index (χ0n) is 17.0. The van der Waals surface area contributed by atoms with Crippen LogP contribution in [0.5, 0.6) is 0 Å². The van der Waals surface area contributed by atoms with E-state index in [1.165, 1.54) is 0 Å². The SMILES string of the molecule is C[C@H](OC(=O)c1cn(-c2ccccc2)nc1-c1ccccc1)C(=O)NC1CCCC1. The topological polar surface area (TPSA) is 73.2 Å². The fourth-order valence-corrected chi connectivity index (χ4v) is 3.71. The van der Waals surface area contributed by atoms with Crippen LogP contribution in [-0.4, -0.2) is 33.8 Å². The second kappa shape index (κ2) is 8.95. The minimum atomic E-state index is -0.873. The van der Waals surface area contributed by atoms with Gasteiger partial charge in [-0.1, -0.05) is 61.4 Å². The molecule has 4 rings (SSSR count). The Bertz CT molecular complexity index is 1010. The van der Waals surface area contributed by atoms with Crippen LogP contribution in [0.4, 0.5) is 0 Å². The molecule has 2 aromatic carbocycles. The van der Waals surface area contributed by atoms with Gasteiger partial charge in [-0.25, -0.2) is 9.48 Å². The third kappa shape index (κ3) is 4.43. The highest BCUT2D eigenvalue weighted by molar-refractivity contribution is 5.97. The Hall–Kier alpha value is -3.41. The fourth-order valence-electron chi connectivity index (χ4n) is 3.71. The van der Waals surface area contributed by atoms with Gasteiger partial charge in [0.15, 0.2) is 6.10 Å². The first-order valence-electron chi connectivity index (χ1n) is 10.3. The minimum Gasteiger partial charge on any atom is -0.449 e. The molecule has 1 aliphatic carbocycles. The van der Waals surface area contributed by atoms with Gasteiger partial charge in [0.1, 0.15) is 11.3 Å². The molecule has 1 atom stereocenters. The maximum Gasteiger partial charge on any atom is 0.342 e. The summed E-state index contributed by atoms with van der Waals surface area (Å²) in [6.07, 6.45) is 4.99. The van der Waals surface area contributed by atoms with Crippen molar-refractivity contribution in [3.63, 3.8) is 0 Å². The molecule has 6 heteroatoms. The van der Waals surface area contributed by atoms with Crippen LogP contribution in [0.3, 0.4) is 0 Å². The Labute approximate surface area is 175 Å². The molecule has 0 unspecified atom stereocenters. The van der Waals surface area contributed by atoms with E-state index in [9.17, 15) is 9.59 Å². The third-order valence-corrected chi connectivity index (χ3v) is 5.36. The van der Waals surface area contributed by atoms with Crippen LogP contribution in [0.1, 0.15) is 43.0 Å². The largest absolute Gasteiger partial charge is 0.449 e. The molecule has 1 aliphatic rings. The lowest BCUT2D eigenvalue weighted by Crippen LogP contribution is -2.40. The van der Waals surface area contributed by atoms with Crippen molar-refractivity contribution in [1.29, 1.82) is 0 Å². The molecule has 1 N–H and O–H groups in total. The molecule has 1 heterocycles. The molecule has 0 radical (unpaired) electrons. The smallest absolute Gasteiger partial charge is 0.342 e. The molecule has 0 bridgehead atoms. The van der Waals surface area contributed by atoms with Crippen molar-refractivity contribution in [3.8, 4) is 16.9 Å². The van der Waals surface area contributed by atoms with Crippen molar-refractivity contribution >= 4 is 11.9 Å². The Balaban J connectivity index is 1.57. The maximum atomic E-state index is 13.0. The van der Waals surface area contributed by atoms with E-state index in [4.69, 9.17) is 4.74 Å². The fraction of sp³-hybridized carbons (Fsp3) is 0.292. The summed E-state index contributed by atoms with van der Waals surface area (Å²) in [4.78, 5) is 25.4. The molecule has 1 saturated carbocycles. The highest BCUT2D eigenvalue weighted by Gasteiger charge is 2.26. The first-order valence-corrected chi connectivity index (χ1v) is 10.3. The lowest BCUT2D eigenvalue weighted by molar-refractivity contribution is -0.129. The summed E-state index contributed by atoms with van der Waals surface area (Å²) < 4.78 is 7.17. The molecule has 0 saturated heterocycles. The van der Waals surface area contributed by atoms with E-state index in [2.05, 4.69) is 10.4 Å². The van der Waals surface area contributed by atoms with Gasteiger partial charge in [0.25, 0.3) is 5.91 Å². The maximum absolute atomic E-state index is 13.0. The van der Waals surface area contributed by atoms with Gasteiger partial charge in [0, 0.05) is 17.8 Å². The van der Waals surface area contributed by atoms with Crippen molar-refractivity contribution in [1.82, 2.24) is 15.1 Å². The van der Waals surface area contributed by atoms with Gasteiger partial charge in [-0.2, -0.15) is 5.10 Å². The van der Waals surface area contributed by atoms with Gasteiger partial charge < -0.3 is 10.1 Å². The molecular formula is C24H25N3O3. The third-order valence-electron chi connectivity index (χ3n) is 5.36. The number of benzene rings is 2. The van der Waals surface area contributed by atoms with Gasteiger partial charge >= 0.3 is 5.97 Å². The number of carbonyl (C=O) groups excluding carboxylic acids is 2. The van der Waals surface area contributed by atoms with Crippen LogP contribution in [0.15, 0.2) is 66.9 Å². The van der Waals surface area contributed by atoms with Gasteiger partial charge in [0.05, 0.1) is 5.69 Å². The lowest BCUT2D eigenvalue weighted by atomic mass is 10.1. The summed E-state index contributed by atoms with van der Waals surface area (Å²) in [5.74, 6) is -0.822. The highest BCUT2D eigenvalue weighted by Crippen LogP contribution is 2.25. The number of rotatable bonds is 6. The standard InChI is InChI=1S/C24H25N3O3/c1-17(23(28)25-19-12-8-9-13-19)30-24(29)21-16-27(20-14-6-3-7-15-20)26-22(21)18-10-4-2-5-11-18/h2-7,10-11,14-17,19H,8-9,12-13H2,1H3,(H,25,28)/t17-/m0/s1. The average Bonchev–Trinajstić information content (AvgIpc) is 3.45. The number of hydrogen-bond donors (Lipinski definition) is 1. The zero-order chi connectivity index (χ0) is 20.9. The molecule has 0 spiro atoms. The predicted octanol–water partition coefficient (Wildman–Crippen LogP) is 4.14. The number of carbonyl (C=O) groups is 2. The molecule has 1 fully saturated rings. The number of nitrogens with zero attached hydrogens (tertiary/aromatic N) is 2. The molecular weight excluding hydrogens is 378 g/mol. The number of nitrogens with one attached hydrogen (secondary N) is 1. The van der Waals surface area contributed by atoms with Crippen LogP contribution in [0, 0.1) is 0 Å². The van der Waals surface area contributed by atoms with E-state index < -0.39 is 12.1 Å². The number of para-hydroxylation sites is 1. The van der Waals surface area contributed by atoms with Gasteiger partial charge in [-0.15, -0.1) is 0 Å². The quantitative estimate of drug-likeness (QED) is 0.628. The van der Waals surface area contributed by atoms with E-state index in [-0.39, 0.29) is 11.9 Å². The van der Waals surface area contributed by atoms with Crippen molar-refractivity contribution in [3.05, 3.63) is 72.4 Å². The molecule has 30 heavy (non-hydrogen) atoms. The van der Waals surface area contributed by atoms with Crippen LogP contribution in [-0.2, 0) is 9.53 Å². The van der Waals surface area contributed by atoms with E-state index in [0.29, 0.717) is 11.3 Å². The number of aromatic nitrogens is 2. The van der Waals surface area contributed by atoms with Crippen LogP contribution in [0.2, 0.25) is 0 Å². The monoisotopic (exact) mass is 403 g/mol. The second-order valence-electron chi connectivity index (χ2n) is 7.58. The zero-order valence-corrected chi connectivity index (χ0v) is 17.0. The van der Waals surface area contributed by atoms with Crippen LogP contribution < -0.4 is 5.32 Å². The van der Waals surface area contributed by atoms with Crippen LogP contribution in [0.25, 0.3) is 16.9 Å². The first kappa shape index (κ1) is 19.9. The van der Waals surface area contributed by atoms with Crippen molar-refractivity contribution < 1.29 is 14.3 Å². The van der Waals surface area contributed by atoms with E-state index in [0.717, 1.165) is 36.9 Å². The summed E-state index contributed by atoms with van der Waals surface area (Å²) >= 11 is 0. The molecule has 1 aromatic heterocycles. The lowest BCUT2D eigenvalue weighted by Gasteiger charge is -2.17. The Morgan fingerprint density at radius 3 is 2.33 bits per heavy atom. The Kier molecular flexibility index (Phi) is 5.93. The molecule has 154 valence electrons. The highest BCUT2D eigenvalue weighted by atomic mass is 16.5. The van der Waals surface area contributed by atoms with Gasteiger partial charge in [-0.3, -0.25) is 4.79 Å². The summed E-state index contributed by atoms with van der Waals surface area (Å²) in [7, 11) is 0. The summed E-state index contributed by atoms with van der Waals surface area (Å²) in [6, 6.07) is 19.2. The number of hydrogen-bond acceptors (Lipinski definition) is 4. The van der Waals surface area contributed by atoms with Crippen LogP contribution >= 0.6 is 0 Å². The van der Waals surface area contributed by atoms with Gasteiger partial charge in [0.2, 0.25) is 0 Å². The Morgan fingerprint density at radius 1 is 1.03 bits per heavy atom. The first-order chi connectivity index (χ1) is 14.6. The van der Waals surface area contributed by atoms with Crippen molar-refractivity contribution in [2.24, 2.45) is 0 Å². The Morgan fingerprint density at radius 2 is 1.67 bits per heavy atom. The van der Waals surface area contributed by atoms with Gasteiger partial charge in [-0.05, 0) is 31.9 Å². The molecule has 6 nitrogen and oxygen atoms in total. The number of amides is 1. The molecule has 3 aromatic rings. The minimum absolute atomic E-state index is 0.180. The number of esters is 1. The van der Waals surface area contributed by atoms with Crippen molar-refractivity contribution in [2.45, 2.75) is 44.8 Å². The van der Waals surface area contributed by atoms with Crippen molar-refractivity contribution in [2.75, 3.05) is 0 Å². The summed E-state index contributed by atoms with van der Waals surface area (Å²) in [6.45, 7) is 1.60. The van der Waals surface area contributed by atoms with E-state index in [1.807, 2.05) is 60.7 Å². The average molecular weight is 403 g/mol. The van der Waals surface area contributed by atoms with E-state index in [1.54, 1.807) is 17.8 Å². The number of ether oxygens (including phenoxy) is 1. The normalized spacial score (nSPS) is 15.0. The van der Waals surface area contributed by atoms with E-state index >= 15 is 0 Å². The summed E-state index contributed by atoms with van der Waals surface area (Å²) in [5, 5.41) is 7.60. The molecule has 1 amide bonds. The second-order valence-corrected chi connectivity index (χ2v) is 7.58. The predicted molar refractivity (Wildman–Crippen MR) is 114 cm³/mol.